The van der Waals surface area contributed by atoms with E-state index in [1.807, 2.05) is 0 Å². The van der Waals surface area contributed by atoms with Crippen LogP contribution in [-0.2, 0) is 4.79 Å². The van der Waals surface area contributed by atoms with Crippen molar-refractivity contribution < 1.29 is 14.3 Å². The molecule has 1 aromatic carbocycles. The molecule has 2 unspecified atom stereocenters. The SMILES string of the molecule is O=C(O)C1CC1c1nnnn1-c1ccccc1F. The fourth-order valence-electron chi connectivity index (χ4n) is 1.97. The molecule has 1 fully saturated rings. The molecule has 2 aromatic rings. The lowest BCUT2D eigenvalue weighted by Gasteiger charge is -2.04. The smallest absolute Gasteiger partial charge is 0.307 e. The molecule has 1 aromatic heterocycles. The molecular weight excluding hydrogens is 239 g/mol. The highest BCUT2D eigenvalue weighted by molar-refractivity contribution is 5.74. The number of aliphatic carboxylic acids is 1. The van der Waals surface area contributed by atoms with Crippen molar-refractivity contribution in [2.24, 2.45) is 5.92 Å². The third-order valence-corrected chi connectivity index (χ3v) is 3.01. The van der Waals surface area contributed by atoms with Crippen LogP contribution in [0, 0.1) is 11.7 Å². The van der Waals surface area contributed by atoms with Crippen molar-refractivity contribution in [2.75, 3.05) is 0 Å². The Hall–Kier alpha value is -2.31. The maximum atomic E-state index is 13.6. The number of aromatic nitrogens is 4. The van der Waals surface area contributed by atoms with Gasteiger partial charge in [-0.15, -0.1) is 5.10 Å². The molecule has 1 aliphatic rings. The van der Waals surface area contributed by atoms with Gasteiger partial charge in [0.25, 0.3) is 0 Å². The van der Waals surface area contributed by atoms with Gasteiger partial charge < -0.3 is 5.11 Å². The third kappa shape index (κ3) is 1.64. The molecule has 1 N–H and O–H groups in total. The number of tetrazole rings is 1. The summed E-state index contributed by atoms with van der Waals surface area (Å²) in [5.74, 6) is -1.63. The van der Waals surface area contributed by atoms with Gasteiger partial charge in [-0.3, -0.25) is 4.79 Å². The second-order valence-electron chi connectivity index (χ2n) is 4.19. The summed E-state index contributed by atoms with van der Waals surface area (Å²) < 4.78 is 14.9. The van der Waals surface area contributed by atoms with Gasteiger partial charge in [-0.2, -0.15) is 4.68 Å². The lowest BCUT2D eigenvalue weighted by molar-refractivity contribution is -0.138. The molecule has 6 nitrogen and oxygen atoms in total. The first-order valence-corrected chi connectivity index (χ1v) is 5.44. The van der Waals surface area contributed by atoms with Crippen molar-refractivity contribution in [1.82, 2.24) is 20.2 Å². The maximum Gasteiger partial charge on any atom is 0.307 e. The summed E-state index contributed by atoms with van der Waals surface area (Å²) in [5, 5.41) is 19.9. The summed E-state index contributed by atoms with van der Waals surface area (Å²) in [4.78, 5) is 10.8. The van der Waals surface area contributed by atoms with Gasteiger partial charge in [0.1, 0.15) is 11.5 Å². The lowest BCUT2D eigenvalue weighted by atomic mass is 10.2. The van der Waals surface area contributed by atoms with Gasteiger partial charge in [-0.1, -0.05) is 12.1 Å². The predicted molar refractivity (Wildman–Crippen MR) is 57.6 cm³/mol. The molecule has 0 bridgehead atoms. The summed E-state index contributed by atoms with van der Waals surface area (Å²) in [5.41, 5.74) is 0.230. The minimum absolute atomic E-state index is 0.230. The standard InChI is InChI=1S/C11H9FN4O2/c12-8-3-1-2-4-9(8)16-10(13-14-15-16)6-5-7(6)11(17)18/h1-4,6-7H,5H2,(H,17,18). The van der Waals surface area contributed by atoms with Crippen molar-refractivity contribution in [3.8, 4) is 5.69 Å². The highest BCUT2D eigenvalue weighted by atomic mass is 19.1. The van der Waals surface area contributed by atoms with Crippen molar-refractivity contribution in [1.29, 1.82) is 0 Å². The highest BCUT2D eigenvalue weighted by Crippen LogP contribution is 2.46. The van der Waals surface area contributed by atoms with Crippen molar-refractivity contribution >= 4 is 5.97 Å². The summed E-state index contributed by atoms with van der Waals surface area (Å²) in [6.07, 6.45) is 0.490. The molecule has 3 rings (SSSR count). The largest absolute Gasteiger partial charge is 0.481 e. The van der Waals surface area contributed by atoms with E-state index in [1.165, 1.54) is 10.7 Å². The number of carboxylic acids is 1. The summed E-state index contributed by atoms with van der Waals surface area (Å²) in [7, 11) is 0. The van der Waals surface area contributed by atoms with Crippen molar-refractivity contribution in [3.05, 3.63) is 35.9 Å². The van der Waals surface area contributed by atoms with Crippen LogP contribution in [0.1, 0.15) is 18.2 Å². The zero-order valence-electron chi connectivity index (χ0n) is 9.19. The van der Waals surface area contributed by atoms with Crippen LogP contribution in [0.15, 0.2) is 24.3 Å². The molecule has 0 saturated heterocycles. The second-order valence-corrected chi connectivity index (χ2v) is 4.19. The van der Waals surface area contributed by atoms with Gasteiger partial charge >= 0.3 is 5.97 Å². The topological polar surface area (TPSA) is 80.9 Å². The minimum Gasteiger partial charge on any atom is -0.481 e. The molecule has 2 atom stereocenters. The Morgan fingerprint density at radius 2 is 2.22 bits per heavy atom. The van der Waals surface area contributed by atoms with Gasteiger partial charge in [-0.25, -0.2) is 4.39 Å². The molecule has 0 aliphatic heterocycles. The van der Waals surface area contributed by atoms with Gasteiger partial charge in [-0.05, 0) is 29.0 Å². The van der Waals surface area contributed by atoms with E-state index in [0.717, 1.165) is 0 Å². The van der Waals surface area contributed by atoms with Crippen molar-refractivity contribution in [2.45, 2.75) is 12.3 Å². The molecule has 1 aliphatic carbocycles. The number of hydrogen-bond acceptors (Lipinski definition) is 4. The second kappa shape index (κ2) is 3.86. The third-order valence-electron chi connectivity index (χ3n) is 3.01. The van der Waals surface area contributed by atoms with E-state index in [2.05, 4.69) is 15.5 Å². The fraction of sp³-hybridized carbons (Fsp3) is 0.273. The molecule has 1 heterocycles. The van der Waals surface area contributed by atoms with E-state index in [9.17, 15) is 9.18 Å². The normalized spacial score (nSPS) is 21.8. The van der Waals surface area contributed by atoms with E-state index in [0.29, 0.717) is 12.2 Å². The Kier molecular flexibility index (Phi) is 2.32. The molecule has 0 amide bonds. The van der Waals surface area contributed by atoms with Gasteiger partial charge in [0.2, 0.25) is 0 Å². The number of nitrogens with zero attached hydrogens (tertiary/aromatic N) is 4. The van der Waals surface area contributed by atoms with Gasteiger partial charge in [0.05, 0.1) is 5.92 Å². The molecule has 0 spiro atoms. The molecular formula is C11H9FN4O2. The molecule has 0 radical (unpaired) electrons. The fourth-order valence-corrected chi connectivity index (χ4v) is 1.97. The monoisotopic (exact) mass is 248 g/mol. The average molecular weight is 248 g/mol. The predicted octanol–water partition coefficient (Wildman–Crippen LogP) is 0.989. The highest BCUT2D eigenvalue weighted by Gasteiger charge is 2.47. The van der Waals surface area contributed by atoms with Gasteiger partial charge in [0, 0.05) is 5.92 Å². The van der Waals surface area contributed by atoms with Crippen LogP contribution in [-0.4, -0.2) is 31.3 Å². The number of rotatable bonds is 3. The van der Waals surface area contributed by atoms with Crippen LogP contribution in [0.5, 0.6) is 0 Å². The van der Waals surface area contributed by atoms with Crippen LogP contribution in [0.2, 0.25) is 0 Å². The Labute approximate surface area is 101 Å². The summed E-state index contributed by atoms with van der Waals surface area (Å²) in [6, 6.07) is 6.10. The number of para-hydroxylation sites is 1. The van der Waals surface area contributed by atoms with Crippen LogP contribution in [0.25, 0.3) is 5.69 Å². The number of halogens is 1. The summed E-state index contributed by atoms with van der Waals surface area (Å²) >= 11 is 0. The molecule has 7 heteroatoms. The Morgan fingerprint density at radius 1 is 1.44 bits per heavy atom. The number of hydrogen-bond donors (Lipinski definition) is 1. The van der Waals surface area contributed by atoms with Crippen LogP contribution in [0.4, 0.5) is 4.39 Å². The zero-order chi connectivity index (χ0) is 12.7. The van der Waals surface area contributed by atoms with Gasteiger partial charge in [0.15, 0.2) is 5.82 Å². The lowest BCUT2D eigenvalue weighted by Crippen LogP contribution is -2.07. The first kappa shape index (κ1) is 10.8. The zero-order valence-corrected chi connectivity index (χ0v) is 9.19. The van der Waals surface area contributed by atoms with Crippen molar-refractivity contribution in [3.63, 3.8) is 0 Å². The maximum absolute atomic E-state index is 13.6. The summed E-state index contributed by atoms with van der Waals surface area (Å²) in [6.45, 7) is 0. The Balaban J connectivity index is 1.99. The van der Waals surface area contributed by atoms with Crippen LogP contribution < -0.4 is 0 Å². The minimum atomic E-state index is -0.872. The number of benzene rings is 1. The van der Waals surface area contributed by atoms with E-state index in [-0.39, 0.29) is 11.6 Å². The quantitative estimate of drug-likeness (QED) is 0.876. The number of carboxylic acid groups (broad SMARTS) is 1. The molecule has 1 saturated carbocycles. The van der Waals surface area contributed by atoms with E-state index >= 15 is 0 Å². The van der Waals surface area contributed by atoms with Crippen LogP contribution in [0.3, 0.4) is 0 Å². The molecule has 92 valence electrons. The van der Waals surface area contributed by atoms with E-state index < -0.39 is 17.7 Å². The van der Waals surface area contributed by atoms with Crippen LogP contribution >= 0.6 is 0 Å². The first-order valence-electron chi connectivity index (χ1n) is 5.44. The number of carbonyl (C=O) groups is 1. The molecule has 18 heavy (non-hydrogen) atoms. The van der Waals surface area contributed by atoms with E-state index in [4.69, 9.17) is 5.11 Å². The van der Waals surface area contributed by atoms with E-state index in [1.54, 1.807) is 18.2 Å². The average Bonchev–Trinajstić information content (AvgIpc) is 3.01. The Morgan fingerprint density at radius 3 is 2.89 bits per heavy atom. The first-order chi connectivity index (χ1) is 8.68. The Bertz CT molecular complexity index is 613.